The molecule has 0 heterocycles. The summed E-state index contributed by atoms with van der Waals surface area (Å²) in [6.07, 6.45) is -1.22. The third-order valence-corrected chi connectivity index (χ3v) is 2.79. The van der Waals surface area contributed by atoms with Gasteiger partial charge in [0.15, 0.2) is 6.10 Å². The van der Waals surface area contributed by atoms with Gasteiger partial charge in [0.1, 0.15) is 0 Å². The number of aliphatic hydroxyl groups excluding tert-OH is 1. The van der Waals surface area contributed by atoms with Gasteiger partial charge in [0.2, 0.25) is 0 Å². The minimum atomic E-state index is -1.22. The van der Waals surface area contributed by atoms with E-state index in [2.05, 4.69) is 15.9 Å². The maximum atomic E-state index is 11.2. The van der Waals surface area contributed by atoms with E-state index >= 15 is 0 Å². The van der Waals surface area contributed by atoms with Crippen molar-refractivity contribution in [2.24, 2.45) is 5.84 Å². The fourth-order valence-corrected chi connectivity index (χ4v) is 1.69. The lowest BCUT2D eigenvalue weighted by Gasteiger charge is -2.19. The fraction of sp³-hybridized carbons (Fsp3) is 0.417. The highest BCUT2D eigenvalue weighted by atomic mass is 79.9. The van der Waals surface area contributed by atoms with Crippen LogP contribution in [0.15, 0.2) is 28.7 Å². The molecule has 1 aromatic carbocycles. The van der Waals surface area contributed by atoms with Crippen molar-refractivity contribution in [3.63, 3.8) is 0 Å². The molecule has 1 aromatic rings. The molecule has 18 heavy (non-hydrogen) atoms. The number of carbonyl (C=O) groups is 1. The second kappa shape index (κ2) is 7.48. The maximum Gasteiger partial charge on any atom is 0.336 e. The third-order valence-electron chi connectivity index (χ3n) is 2.27. The van der Waals surface area contributed by atoms with E-state index in [9.17, 15) is 9.90 Å². The van der Waals surface area contributed by atoms with E-state index in [1.807, 2.05) is 24.3 Å². The number of nitrogens with zero attached hydrogens (tertiary/aromatic N) is 1. The first-order chi connectivity index (χ1) is 8.52. The Labute approximate surface area is 115 Å². The number of nitrogens with two attached hydrogens (primary N) is 1. The first-order valence-electron chi connectivity index (χ1n) is 5.61. The van der Waals surface area contributed by atoms with Gasteiger partial charge in [-0.2, -0.15) is 0 Å². The van der Waals surface area contributed by atoms with Gasteiger partial charge >= 0.3 is 5.97 Å². The summed E-state index contributed by atoms with van der Waals surface area (Å²) in [6, 6.07) is 7.65. The van der Waals surface area contributed by atoms with Crippen LogP contribution in [0.4, 0.5) is 0 Å². The SMILES string of the molecule is CCOC(=O)C(O)CN(N)Cc1ccc(Br)cc1. The van der Waals surface area contributed by atoms with Crippen LogP contribution in [0.25, 0.3) is 0 Å². The molecule has 0 spiro atoms. The number of benzene rings is 1. The number of halogens is 1. The summed E-state index contributed by atoms with van der Waals surface area (Å²) in [4.78, 5) is 11.2. The van der Waals surface area contributed by atoms with Gasteiger partial charge in [-0.3, -0.25) is 5.84 Å². The highest BCUT2D eigenvalue weighted by Gasteiger charge is 2.18. The molecule has 1 unspecified atom stereocenters. The lowest BCUT2D eigenvalue weighted by atomic mass is 10.2. The van der Waals surface area contributed by atoms with E-state index < -0.39 is 12.1 Å². The second-order valence-electron chi connectivity index (χ2n) is 3.82. The van der Waals surface area contributed by atoms with Crippen molar-refractivity contribution in [1.82, 2.24) is 5.01 Å². The van der Waals surface area contributed by atoms with Crippen LogP contribution in [0.3, 0.4) is 0 Å². The number of hydrazine groups is 1. The Morgan fingerprint density at radius 3 is 2.67 bits per heavy atom. The lowest BCUT2D eigenvalue weighted by molar-refractivity contribution is -0.154. The van der Waals surface area contributed by atoms with E-state index in [0.29, 0.717) is 6.54 Å². The molecule has 3 N–H and O–H groups in total. The zero-order valence-corrected chi connectivity index (χ0v) is 11.8. The Kier molecular flexibility index (Phi) is 6.28. The fourth-order valence-electron chi connectivity index (χ4n) is 1.42. The Hall–Kier alpha value is -0.950. The van der Waals surface area contributed by atoms with Crippen LogP contribution in [0.1, 0.15) is 12.5 Å². The molecular formula is C12H17BrN2O3. The van der Waals surface area contributed by atoms with Gasteiger partial charge in [-0.1, -0.05) is 28.1 Å². The standard InChI is InChI=1S/C12H17BrN2O3/c1-2-18-12(17)11(16)8-15(14)7-9-3-5-10(13)6-4-9/h3-6,11,16H,2,7-8,14H2,1H3. The molecule has 6 heteroatoms. The first kappa shape index (κ1) is 15.1. The van der Waals surface area contributed by atoms with Crippen molar-refractivity contribution >= 4 is 21.9 Å². The van der Waals surface area contributed by atoms with Gasteiger partial charge in [-0.25, -0.2) is 9.80 Å². The van der Waals surface area contributed by atoms with Gasteiger partial charge in [0.05, 0.1) is 13.2 Å². The van der Waals surface area contributed by atoms with E-state index in [0.717, 1.165) is 10.0 Å². The van der Waals surface area contributed by atoms with E-state index in [1.165, 1.54) is 5.01 Å². The second-order valence-corrected chi connectivity index (χ2v) is 4.74. The summed E-state index contributed by atoms with van der Waals surface area (Å²) < 4.78 is 5.68. The van der Waals surface area contributed by atoms with Crippen LogP contribution < -0.4 is 5.84 Å². The lowest BCUT2D eigenvalue weighted by Crippen LogP contribution is -2.41. The minimum Gasteiger partial charge on any atom is -0.464 e. The minimum absolute atomic E-state index is 0.0366. The highest BCUT2D eigenvalue weighted by molar-refractivity contribution is 9.10. The van der Waals surface area contributed by atoms with Gasteiger partial charge in [-0.05, 0) is 24.6 Å². The Balaban J connectivity index is 2.43. The average Bonchev–Trinajstić information content (AvgIpc) is 2.32. The van der Waals surface area contributed by atoms with Crippen molar-refractivity contribution in [3.05, 3.63) is 34.3 Å². The van der Waals surface area contributed by atoms with E-state index in [-0.39, 0.29) is 13.2 Å². The number of hydrogen-bond donors (Lipinski definition) is 2. The topological polar surface area (TPSA) is 75.8 Å². The first-order valence-corrected chi connectivity index (χ1v) is 6.41. The highest BCUT2D eigenvalue weighted by Crippen LogP contribution is 2.11. The van der Waals surface area contributed by atoms with Crippen LogP contribution in [0.5, 0.6) is 0 Å². The van der Waals surface area contributed by atoms with Crippen LogP contribution in [0.2, 0.25) is 0 Å². The normalized spacial score (nSPS) is 12.5. The molecule has 5 nitrogen and oxygen atoms in total. The molecule has 0 aliphatic rings. The Bertz CT molecular complexity index is 383. The van der Waals surface area contributed by atoms with Crippen molar-refractivity contribution in [2.75, 3.05) is 13.2 Å². The third kappa shape index (κ3) is 5.14. The van der Waals surface area contributed by atoms with Gasteiger partial charge in [0.25, 0.3) is 0 Å². The van der Waals surface area contributed by atoms with Gasteiger partial charge < -0.3 is 9.84 Å². The van der Waals surface area contributed by atoms with Crippen LogP contribution in [-0.2, 0) is 16.1 Å². The van der Waals surface area contributed by atoms with Gasteiger partial charge in [0, 0.05) is 11.0 Å². The summed E-state index contributed by atoms with van der Waals surface area (Å²) in [5.41, 5.74) is 0.997. The molecule has 0 aliphatic carbocycles. The van der Waals surface area contributed by atoms with Crippen molar-refractivity contribution in [3.8, 4) is 0 Å². The maximum absolute atomic E-state index is 11.2. The number of aliphatic hydroxyl groups is 1. The molecule has 0 aliphatic heterocycles. The largest absolute Gasteiger partial charge is 0.464 e. The molecule has 0 bridgehead atoms. The molecule has 1 rings (SSSR count). The summed E-state index contributed by atoms with van der Waals surface area (Å²) in [7, 11) is 0. The van der Waals surface area contributed by atoms with Crippen LogP contribution in [0, 0.1) is 0 Å². The number of carbonyl (C=O) groups excluding carboxylic acids is 1. The van der Waals surface area contributed by atoms with E-state index in [4.69, 9.17) is 10.6 Å². The van der Waals surface area contributed by atoms with Crippen molar-refractivity contribution < 1.29 is 14.6 Å². The summed E-state index contributed by atoms with van der Waals surface area (Å²) in [5, 5.41) is 10.9. The number of rotatable bonds is 6. The van der Waals surface area contributed by atoms with Gasteiger partial charge in [-0.15, -0.1) is 0 Å². The molecule has 1 atom stereocenters. The monoisotopic (exact) mass is 316 g/mol. The van der Waals surface area contributed by atoms with Crippen molar-refractivity contribution in [2.45, 2.75) is 19.6 Å². The Morgan fingerprint density at radius 1 is 1.50 bits per heavy atom. The van der Waals surface area contributed by atoms with E-state index in [1.54, 1.807) is 6.92 Å². The molecule has 0 saturated heterocycles. The number of hydrogen-bond acceptors (Lipinski definition) is 5. The molecule has 0 amide bonds. The van der Waals surface area contributed by atoms with Crippen molar-refractivity contribution in [1.29, 1.82) is 0 Å². The zero-order valence-electron chi connectivity index (χ0n) is 10.2. The number of ether oxygens (including phenoxy) is 1. The molecular weight excluding hydrogens is 300 g/mol. The summed E-state index contributed by atoms with van der Waals surface area (Å²) >= 11 is 3.34. The average molecular weight is 317 g/mol. The molecule has 0 radical (unpaired) electrons. The quantitative estimate of drug-likeness (QED) is 0.466. The molecule has 0 saturated carbocycles. The predicted molar refractivity (Wildman–Crippen MR) is 71.4 cm³/mol. The van der Waals surface area contributed by atoms with Crippen LogP contribution in [-0.4, -0.2) is 35.3 Å². The number of esters is 1. The molecule has 100 valence electrons. The van der Waals surface area contributed by atoms with Crippen LogP contribution >= 0.6 is 15.9 Å². The molecule has 0 fully saturated rings. The smallest absolute Gasteiger partial charge is 0.336 e. The summed E-state index contributed by atoms with van der Waals surface area (Å²) in [5.74, 6) is 5.08. The predicted octanol–water partition coefficient (Wildman–Crippen LogP) is 1.05. The Morgan fingerprint density at radius 2 is 2.11 bits per heavy atom. The summed E-state index contributed by atoms with van der Waals surface area (Å²) in [6.45, 7) is 2.42. The molecule has 0 aromatic heterocycles. The zero-order chi connectivity index (χ0) is 13.5.